The topological polar surface area (TPSA) is 88.9 Å². The molecule has 2 amide bonds. The van der Waals surface area contributed by atoms with Gasteiger partial charge in [-0.15, -0.1) is 11.8 Å². The molecule has 1 aromatic heterocycles. The molecule has 0 unspecified atom stereocenters. The number of hydrogen-bond acceptors (Lipinski definition) is 7. The summed E-state index contributed by atoms with van der Waals surface area (Å²) in [6, 6.07) is 23.9. The summed E-state index contributed by atoms with van der Waals surface area (Å²) in [6.07, 6.45) is 0. The van der Waals surface area contributed by atoms with Gasteiger partial charge in [-0.2, -0.15) is 5.10 Å². The summed E-state index contributed by atoms with van der Waals surface area (Å²) in [6.45, 7) is 3.29. The molecule has 9 nitrogen and oxygen atoms in total. The van der Waals surface area contributed by atoms with Crippen LogP contribution < -0.4 is 19.7 Å². The number of carbonyl (C=O) groups is 2. The zero-order chi connectivity index (χ0) is 29.2. The molecule has 0 spiro atoms. The summed E-state index contributed by atoms with van der Waals surface area (Å²) in [4.78, 5) is 30.7. The molecule has 0 saturated carbocycles. The quantitative estimate of drug-likeness (QED) is 0.329. The molecule has 0 radical (unpaired) electrons. The van der Waals surface area contributed by atoms with E-state index in [0.717, 1.165) is 33.6 Å². The Morgan fingerprint density at radius 2 is 1.81 bits per heavy atom. The zero-order valence-electron chi connectivity index (χ0n) is 23.9. The fourth-order valence-electron chi connectivity index (χ4n) is 5.15. The van der Waals surface area contributed by atoms with Crippen molar-refractivity contribution in [2.75, 3.05) is 51.2 Å². The van der Waals surface area contributed by atoms with Gasteiger partial charge in [0.25, 0.3) is 0 Å². The highest BCUT2D eigenvalue weighted by Gasteiger charge is 2.38. The van der Waals surface area contributed by atoms with Crippen molar-refractivity contribution in [1.29, 1.82) is 0 Å². The van der Waals surface area contributed by atoms with Crippen molar-refractivity contribution in [3.63, 3.8) is 0 Å². The minimum absolute atomic E-state index is 0.112. The van der Waals surface area contributed by atoms with Crippen LogP contribution in [0.2, 0.25) is 0 Å². The van der Waals surface area contributed by atoms with E-state index >= 15 is 0 Å². The number of hydrogen-bond donors (Lipinski definition) is 1. The van der Waals surface area contributed by atoms with Crippen LogP contribution in [-0.2, 0) is 9.59 Å². The van der Waals surface area contributed by atoms with Crippen LogP contribution in [-0.4, -0.2) is 72.8 Å². The highest BCUT2D eigenvalue weighted by Crippen LogP contribution is 2.50. The molecule has 3 aromatic carbocycles. The average molecular weight is 584 g/mol. The van der Waals surface area contributed by atoms with Crippen molar-refractivity contribution in [2.45, 2.75) is 12.2 Å². The molecule has 10 heteroatoms. The molecule has 0 saturated heterocycles. The standard InChI is InChI=1S/C32H33N5O4S/c1-21-9-12-24(13-10-21)37-32-29(30(34-37)22-7-5-4-6-8-22)31(23-11-14-25-26(17-23)41-20-40-25)42-19-28(39)36(32)18-27(38)33-15-16-35(2)3/h4-14,17,31H,15-16,18-20H2,1-3H3,(H,33,38)/t31-/m1/s1. The maximum absolute atomic E-state index is 13.9. The summed E-state index contributed by atoms with van der Waals surface area (Å²) in [7, 11) is 3.91. The number of nitrogens with one attached hydrogen (secondary N) is 1. The molecule has 1 N–H and O–H groups in total. The number of thioether (sulfide) groups is 1. The monoisotopic (exact) mass is 583 g/mol. The lowest BCUT2D eigenvalue weighted by molar-refractivity contribution is -0.122. The van der Waals surface area contributed by atoms with E-state index in [0.29, 0.717) is 30.4 Å². The summed E-state index contributed by atoms with van der Waals surface area (Å²) in [5, 5.41) is 7.86. The van der Waals surface area contributed by atoms with Gasteiger partial charge in [-0.25, -0.2) is 4.68 Å². The second-order valence-electron chi connectivity index (χ2n) is 10.6. The van der Waals surface area contributed by atoms with Crippen LogP contribution in [0.15, 0.2) is 72.8 Å². The number of aryl methyl sites for hydroxylation is 1. The van der Waals surface area contributed by atoms with Gasteiger partial charge in [0.2, 0.25) is 18.6 Å². The second kappa shape index (κ2) is 11.9. The van der Waals surface area contributed by atoms with Crippen LogP contribution in [0.25, 0.3) is 16.9 Å². The first-order chi connectivity index (χ1) is 20.4. The van der Waals surface area contributed by atoms with E-state index in [1.165, 1.54) is 11.8 Å². The third kappa shape index (κ3) is 5.60. The Kier molecular flexibility index (Phi) is 7.90. The summed E-state index contributed by atoms with van der Waals surface area (Å²) < 4.78 is 13.1. The van der Waals surface area contributed by atoms with E-state index in [1.807, 2.05) is 103 Å². The fraction of sp³-hybridized carbons (Fsp3) is 0.281. The molecule has 216 valence electrons. The number of nitrogens with zero attached hydrogens (tertiary/aromatic N) is 4. The molecule has 3 heterocycles. The first-order valence-electron chi connectivity index (χ1n) is 13.9. The van der Waals surface area contributed by atoms with Gasteiger partial charge in [-0.05, 0) is 50.8 Å². The van der Waals surface area contributed by atoms with E-state index < -0.39 is 0 Å². The molecule has 0 aliphatic carbocycles. The minimum Gasteiger partial charge on any atom is -0.454 e. The normalized spacial score (nSPS) is 16.0. The summed E-state index contributed by atoms with van der Waals surface area (Å²) in [5.41, 5.74) is 5.45. The lowest BCUT2D eigenvalue weighted by Crippen LogP contribution is -2.43. The van der Waals surface area contributed by atoms with E-state index in [4.69, 9.17) is 14.6 Å². The van der Waals surface area contributed by atoms with Crippen molar-refractivity contribution in [3.8, 4) is 28.4 Å². The average Bonchev–Trinajstić information content (AvgIpc) is 3.58. The Morgan fingerprint density at radius 1 is 1.05 bits per heavy atom. The zero-order valence-corrected chi connectivity index (χ0v) is 24.7. The van der Waals surface area contributed by atoms with Gasteiger partial charge in [0.05, 0.1) is 22.4 Å². The fourth-order valence-corrected chi connectivity index (χ4v) is 6.34. The van der Waals surface area contributed by atoms with Crippen molar-refractivity contribution in [2.24, 2.45) is 0 Å². The number of ether oxygens (including phenoxy) is 2. The predicted molar refractivity (Wildman–Crippen MR) is 165 cm³/mol. The number of amides is 2. The number of rotatable bonds is 8. The molecular weight excluding hydrogens is 550 g/mol. The molecule has 6 rings (SSSR count). The van der Waals surface area contributed by atoms with Crippen molar-refractivity contribution in [3.05, 3.63) is 89.5 Å². The second-order valence-corrected chi connectivity index (χ2v) is 11.7. The van der Waals surface area contributed by atoms with Gasteiger partial charge in [-0.3, -0.25) is 14.5 Å². The summed E-state index contributed by atoms with van der Waals surface area (Å²) >= 11 is 1.53. The highest BCUT2D eigenvalue weighted by atomic mass is 32.2. The lowest BCUT2D eigenvalue weighted by Gasteiger charge is -2.23. The third-order valence-electron chi connectivity index (χ3n) is 7.30. The predicted octanol–water partition coefficient (Wildman–Crippen LogP) is 4.42. The van der Waals surface area contributed by atoms with Crippen LogP contribution in [0.5, 0.6) is 11.5 Å². The maximum atomic E-state index is 13.9. The Morgan fingerprint density at radius 3 is 2.57 bits per heavy atom. The smallest absolute Gasteiger partial charge is 0.240 e. The minimum atomic E-state index is -0.255. The number of aromatic nitrogens is 2. The van der Waals surface area contributed by atoms with Gasteiger partial charge in [0.1, 0.15) is 12.4 Å². The third-order valence-corrected chi connectivity index (χ3v) is 8.55. The van der Waals surface area contributed by atoms with Crippen LogP contribution >= 0.6 is 11.8 Å². The largest absolute Gasteiger partial charge is 0.454 e. The first kappa shape index (κ1) is 27.9. The molecule has 0 fully saturated rings. The van der Waals surface area contributed by atoms with Gasteiger partial charge in [0.15, 0.2) is 11.5 Å². The van der Waals surface area contributed by atoms with Crippen LogP contribution in [0, 0.1) is 6.92 Å². The molecule has 2 aliphatic heterocycles. The Hall–Kier alpha value is -4.28. The SMILES string of the molecule is Cc1ccc(-n2nc(-c3ccccc3)c3c2N(CC(=O)NCCN(C)C)C(=O)CS[C@@H]3c2ccc3c(c2)OCO3)cc1. The lowest BCUT2D eigenvalue weighted by atomic mass is 9.99. The van der Waals surface area contributed by atoms with Crippen molar-refractivity contribution in [1.82, 2.24) is 20.0 Å². The molecule has 1 atom stereocenters. The van der Waals surface area contributed by atoms with Gasteiger partial charge < -0.3 is 19.7 Å². The van der Waals surface area contributed by atoms with E-state index in [1.54, 1.807) is 4.90 Å². The number of carbonyl (C=O) groups excluding carboxylic acids is 2. The Labute approximate surface area is 249 Å². The van der Waals surface area contributed by atoms with E-state index in [-0.39, 0.29) is 36.2 Å². The van der Waals surface area contributed by atoms with Gasteiger partial charge >= 0.3 is 0 Å². The first-order valence-corrected chi connectivity index (χ1v) is 14.9. The van der Waals surface area contributed by atoms with Gasteiger partial charge in [-0.1, -0.05) is 54.1 Å². The van der Waals surface area contributed by atoms with Crippen molar-refractivity contribution >= 4 is 29.4 Å². The number of fused-ring (bicyclic) bond motifs is 2. The number of anilines is 1. The Balaban J connectivity index is 1.54. The van der Waals surface area contributed by atoms with Crippen LogP contribution in [0.3, 0.4) is 0 Å². The molecule has 2 aliphatic rings. The molecule has 4 aromatic rings. The van der Waals surface area contributed by atoms with Crippen LogP contribution in [0.4, 0.5) is 5.82 Å². The molecule has 0 bridgehead atoms. The highest BCUT2D eigenvalue weighted by molar-refractivity contribution is 8.00. The van der Waals surface area contributed by atoms with Crippen molar-refractivity contribution < 1.29 is 19.1 Å². The Bertz CT molecular complexity index is 1600. The van der Waals surface area contributed by atoms with E-state index in [2.05, 4.69) is 5.32 Å². The van der Waals surface area contributed by atoms with Gasteiger partial charge in [0, 0.05) is 24.2 Å². The van der Waals surface area contributed by atoms with E-state index in [9.17, 15) is 9.59 Å². The maximum Gasteiger partial charge on any atom is 0.240 e. The molecular formula is C32H33N5O4S. The number of benzene rings is 3. The van der Waals surface area contributed by atoms with Crippen LogP contribution in [0.1, 0.15) is 21.9 Å². The molecule has 42 heavy (non-hydrogen) atoms. The summed E-state index contributed by atoms with van der Waals surface area (Å²) in [5.74, 6) is 1.79. The number of likely N-dealkylation sites (N-methyl/N-ethyl adjacent to an activating group) is 1.